The van der Waals surface area contributed by atoms with Crippen molar-refractivity contribution < 1.29 is 4.74 Å². The molecule has 0 spiro atoms. The highest BCUT2D eigenvalue weighted by Gasteiger charge is 2.39. The van der Waals surface area contributed by atoms with Crippen LogP contribution in [0.1, 0.15) is 35.1 Å². The predicted molar refractivity (Wildman–Crippen MR) is 95.5 cm³/mol. The molecule has 3 atom stereocenters. The van der Waals surface area contributed by atoms with E-state index in [9.17, 15) is 0 Å². The first kappa shape index (κ1) is 14.6. The van der Waals surface area contributed by atoms with Crippen molar-refractivity contribution in [3.05, 3.63) is 70.3 Å². The van der Waals surface area contributed by atoms with E-state index in [1.165, 1.54) is 22.4 Å². The molecule has 1 aliphatic heterocycles. The molecule has 2 nitrogen and oxygen atoms in total. The molecule has 2 aliphatic rings. The van der Waals surface area contributed by atoms with Crippen molar-refractivity contribution in [1.82, 2.24) is 0 Å². The summed E-state index contributed by atoms with van der Waals surface area (Å²) in [7, 11) is 1.70. The van der Waals surface area contributed by atoms with Crippen molar-refractivity contribution >= 4 is 17.3 Å². The Labute approximate surface area is 142 Å². The molecular weight excluding hydrogens is 306 g/mol. The lowest BCUT2D eigenvalue weighted by Crippen LogP contribution is -2.29. The molecular formula is C20H20ClNO. The number of ether oxygens (including phenoxy) is 1. The fraction of sp³-hybridized carbons (Fsp3) is 0.300. The minimum atomic E-state index is 0.297. The topological polar surface area (TPSA) is 21.3 Å². The van der Waals surface area contributed by atoms with Crippen LogP contribution in [0.4, 0.5) is 5.69 Å². The number of hydrogen-bond donors (Lipinski definition) is 1. The third-order valence-corrected chi connectivity index (χ3v) is 5.48. The molecule has 0 unspecified atom stereocenters. The summed E-state index contributed by atoms with van der Waals surface area (Å²) in [4.78, 5) is 0. The lowest BCUT2D eigenvalue weighted by Gasteiger charge is -2.38. The summed E-state index contributed by atoms with van der Waals surface area (Å²) in [5, 5.41) is 4.63. The molecule has 0 radical (unpaired) electrons. The summed E-state index contributed by atoms with van der Waals surface area (Å²) in [5.74, 6) is 1.80. The maximum Gasteiger partial charge on any atom is 0.118 e. The number of benzene rings is 2. The Bertz CT molecular complexity index is 766. The zero-order chi connectivity index (χ0) is 16.0. The van der Waals surface area contributed by atoms with Crippen LogP contribution in [-0.4, -0.2) is 7.11 Å². The predicted octanol–water partition coefficient (Wildman–Crippen LogP) is 5.48. The number of aryl methyl sites for hydroxylation is 1. The average Bonchev–Trinajstić information content (AvgIpc) is 3.07. The van der Waals surface area contributed by atoms with E-state index in [4.69, 9.17) is 16.3 Å². The van der Waals surface area contributed by atoms with Crippen molar-refractivity contribution in [1.29, 1.82) is 0 Å². The number of anilines is 1. The molecule has 1 aliphatic carbocycles. The van der Waals surface area contributed by atoms with Crippen molar-refractivity contribution in [3.63, 3.8) is 0 Å². The third kappa shape index (κ3) is 2.33. The Hall–Kier alpha value is -1.93. The Morgan fingerprint density at radius 3 is 2.65 bits per heavy atom. The van der Waals surface area contributed by atoms with Gasteiger partial charge in [-0.2, -0.15) is 0 Å². The molecule has 2 aromatic rings. The van der Waals surface area contributed by atoms with Gasteiger partial charge in [0.15, 0.2) is 0 Å². The normalized spacial score (nSPS) is 24.7. The van der Waals surface area contributed by atoms with Crippen molar-refractivity contribution in [2.24, 2.45) is 5.92 Å². The van der Waals surface area contributed by atoms with Crippen LogP contribution < -0.4 is 10.1 Å². The number of nitrogens with one attached hydrogen (secondary N) is 1. The van der Waals surface area contributed by atoms with Crippen molar-refractivity contribution in [3.8, 4) is 5.75 Å². The highest BCUT2D eigenvalue weighted by molar-refractivity contribution is 6.32. The first-order chi connectivity index (χ1) is 11.2. The second kappa shape index (κ2) is 5.61. The van der Waals surface area contributed by atoms with Gasteiger partial charge in [-0.1, -0.05) is 42.0 Å². The second-order valence-corrected chi connectivity index (χ2v) is 6.81. The summed E-state index contributed by atoms with van der Waals surface area (Å²) < 4.78 is 5.28. The van der Waals surface area contributed by atoms with Crippen LogP contribution in [0, 0.1) is 12.8 Å². The van der Waals surface area contributed by atoms with Crippen molar-refractivity contribution in [2.75, 3.05) is 12.4 Å². The minimum Gasteiger partial charge on any atom is -0.497 e. The maximum atomic E-state index is 6.52. The van der Waals surface area contributed by atoms with Gasteiger partial charge >= 0.3 is 0 Å². The molecule has 0 aromatic heterocycles. The van der Waals surface area contributed by atoms with Gasteiger partial charge in [-0.3, -0.25) is 0 Å². The van der Waals surface area contributed by atoms with E-state index in [-0.39, 0.29) is 0 Å². The van der Waals surface area contributed by atoms with Crippen molar-refractivity contribution in [2.45, 2.75) is 25.3 Å². The van der Waals surface area contributed by atoms with E-state index in [0.717, 1.165) is 17.2 Å². The number of hydrogen-bond acceptors (Lipinski definition) is 2. The summed E-state index contributed by atoms with van der Waals surface area (Å²) in [6.45, 7) is 2.15. The minimum absolute atomic E-state index is 0.297. The monoisotopic (exact) mass is 325 g/mol. The van der Waals surface area contributed by atoms with Crippen LogP contribution in [0.2, 0.25) is 5.02 Å². The Balaban J connectivity index is 1.79. The molecule has 2 aromatic carbocycles. The molecule has 3 heteroatoms. The number of halogens is 1. The van der Waals surface area contributed by atoms with Gasteiger partial charge < -0.3 is 10.1 Å². The van der Waals surface area contributed by atoms with Gasteiger partial charge in [0.25, 0.3) is 0 Å². The number of allylic oxidation sites excluding steroid dienone is 2. The van der Waals surface area contributed by atoms with Crippen LogP contribution in [-0.2, 0) is 0 Å². The smallest absolute Gasteiger partial charge is 0.118 e. The molecule has 118 valence electrons. The first-order valence-corrected chi connectivity index (χ1v) is 8.43. The Morgan fingerprint density at radius 1 is 1.13 bits per heavy atom. The van der Waals surface area contributed by atoms with Gasteiger partial charge in [-0.15, -0.1) is 0 Å². The first-order valence-electron chi connectivity index (χ1n) is 8.05. The average molecular weight is 326 g/mol. The molecule has 0 saturated carbocycles. The maximum absolute atomic E-state index is 6.52. The summed E-state index contributed by atoms with van der Waals surface area (Å²) >= 11 is 6.52. The number of rotatable bonds is 2. The summed E-state index contributed by atoms with van der Waals surface area (Å²) in [6, 6.07) is 12.8. The molecule has 0 fully saturated rings. The quantitative estimate of drug-likeness (QED) is 0.738. The second-order valence-electron chi connectivity index (χ2n) is 6.40. The standard InChI is InChI=1S/C20H20ClNO/c1-12-6-11-17(21)18-15-4-3-5-16(15)20(22-19(12)18)13-7-9-14(23-2)10-8-13/h3-4,6-11,15-16,20,22H,5H2,1-2H3/t15-,16+,20+/m1/s1. The van der Waals surface area contributed by atoms with E-state index in [1.54, 1.807) is 7.11 Å². The van der Waals surface area contributed by atoms with Gasteiger partial charge in [0.2, 0.25) is 0 Å². The highest BCUT2D eigenvalue weighted by Crippen LogP contribution is 2.52. The Morgan fingerprint density at radius 2 is 1.91 bits per heavy atom. The third-order valence-electron chi connectivity index (χ3n) is 5.15. The highest BCUT2D eigenvalue weighted by atomic mass is 35.5. The zero-order valence-electron chi connectivity index (χ0n) is 13.3. The van der Waals surface area contributed by atoms with Gasteiger partial charge in [0.05, 0.1) is 13.2 Å². The van der Waals surface area contributed by atoms with Crippen LogP contribution in [0.25, 0.3) is 0 Å². The van der Waals surface area contributed by atoms with Gasteiger partial charge in [0, 0.05) is 22.2 Å². The molecule has 4 rings (SSSR count). The van der Waals surface area contributed by atoms with E-state index < -0.39 is 0 Å². The molecule has 1 N–H and O–H groups in total. The zero-order valence-corrected chi connectivity index (χ0v) is 14.1. The molecule has 0 bridgehead atoms. The van der Waals surface area contributed by atoms with E-state index in [0.29, 0.717) is 17.9 Å². The molecule has 23 heavy (non-hydrogen) atoms. The van der Waals surface area contributed by atoms with Crippen LogP contribution in [0.3, 0.4) is 0 Å². The molecule has 0 saturated heterocycles. The number of fused-ring (bicyclic) bond motifs is 3. The van der Waals surface area contributed by atoms with Crippen LogP contribution in [0.15, 0.2) is 48.6 Å². The van der Waals surface area contributed by atoms with Crippen LogP contribution >= 0.6 is 11.6 Å². The summed E-state index contributed by atoms with van der Waals surface area (Å²) in [5.41, 5.74) is 5.01. The SMILES string of the molecule is COc1ccc([C@@H]2Nc3c(C)ccc(Cl)c3[C@@H]3C=CC[C@@H]32)cc1. The largest absolute Gasteiger partial charge is 0.497 e. The summed E-state index contributed by atoms with van der Waals surface area (Å²) in [6.07, 6.45) is 5.70. The molecule has 1 heterocycles. The van der Waals surface area contributed by atoms with Crippen LogP contribution in [0.5, 0.6) is 5.75 Å². The van der Waals surface area contributed by atoms with Gasteiger partial charge in [0.1, 0.15) is 5.75 Å². The fourth-order valence-electron chi connectivity index (χ4n) is 3.95. The van der Waals surface area contributed by atoms with Gasteiger partial charge in [-0.25, -0.2) is 0 Å². The van der Waals surface area contributed by atoms with E-state index in [1.807, 2.05) is 18.2 Å². The lowest BCUT2D eigenvalue weighted by atomic mass is 9.76. The van der Waals surface area contributed by atoms with Gasteiger partial charge in [-0.05, 0) is 48.6 Å². The van der Waals surface area contributed by atoms with E-state index in [2.05, 4.69) is 42.6 Å². The number of methoxy groups -OCH3 is 1. The lowest BCUT2D eigenvalue weighted by molar-refractivity contribution is 0.411. The fourth-order valence-corrected chi connectivity index (χ4v) is 4.23. The Kier molecular flexibility index (Phi) is 3.57. The molecule has 0 amide bonds. The van der Waals surface area contributed by atoms with E-state index >= 15 is 0 Å².